The van der Waals surface area contributed by atoms with Gasteiger partial charge in [0.05, 0.1) is 13.0 Å². The number of amides is 1. The van der Waals surface area contributed by atoms with E-state index >= 15 is 0 Å². The van der Waals surface area contributed by atoms with Crippen molar-refractivity contribution in [3.63, 3.8) is 0 Å². The Morgan fingerprint density at radius 1 is 1.38 bits per heavy atom. The van der Waals surface area contributed by atoms with Crippen LogP contribution in [0, 0.1) is 5.82 Å². The molecule has 1 aromatic carbocycles. The summed E-state index contributed by atoms with van der Waals surface area (Å²) in [6.07, 6.45) is 1.20. The van der Waals surface area contributed by atoms with Gasteiger partial charge in [-0.15, -0.1) is 0 Å². The van der Waals surface area contributed by atoms with Gasteiger partial charge in [0.2, 0.25) is 0 Å². The van der Waals surface area contributed by atoms with Gasteiger partial charge in [-0.25, -0.2) is 4.39 Å². The van der Waals surface area contributed by atoms with Gasteiger partial charge in [-0.3, -0.25) is 9.59 Å². The summed E-state index contributed by atoms with van der Waals surface area (Å²) < 4.78 is 24.0. The van der Waals surface area contributed by atoms with E-state index in [1.807, 2.05) is 0 Å². The second-order valence-electron chi connectivity index (χ2n) is 5.73. The molecule has 1 amide bonds. The van der Waals surface area contributed by atoms with Crippen molar-refractivity contribution in [2.45, 2.75) is 31.9 Å². The quantitative estimate of drug-likeness (QED) is 0.823. The fraction of sp³-hybridized carbons (Fsp3) is 0.529. The average molecular weight is 339 g/mol. The summed E-state index contributed by atoms with van der Waals surface area (Å²) in [6, 6.07) is 4.06. The highest BCUT2D eigenvalue weighted by Crippen LogP contribution is 2.20. The molecule has 132 valence electrons. The number of carboxylic acid groups (broad SMARTS) is 1. The van der Waals surface area contributed by atoms with Crippen LogP contribution < -0.4 is 0 Å². The van der Waals surface area contributed by atoms with Gasteiger partial charge in [-0.1, -0.05) is 0 Å². The van der Waals surface area contributed by atoms with Crippen LogP contribution in [0.1, 0.15) is 35.2 Å². The van der Waals surface area contributed by atoms with Crippen LogP contribution in [-0.2, 0) is 20.9 Å². The standard InChI is InChI=1S/C17H22FNO5/c1-23-11-13-10-12(2-3-15(13)18)17(22)19(7-4-16(20)21)14-5-8-24-9-6-14/h2-3,10,14H,4-9,11H2,1H3,(H,20,21). The van der Waals surface area contributed by atoms with Crippen LogP contribution >= 0.6 is 0 Å². The summed E-state index contributed by atoms with van der Waals surface area (Å²) in [5.74, 6) is -1.68. The van der Waals surface area contributed by atoms with Crippen molar-refractivity contribution in [3.8, 4) is 0 Å². The van der Waals surface area contributed by atoms with Crippen LogP contribution in [0.15, 0.2) is 18.2 Å². The lowest BCUT2D eigenvalue weighted by Crippen LogP contribution is -2.44. The van der Waals surface area contributed by atoms with Crippen molar-refractivity contribution >= 4 is 11.9 Å². The number of aliphatic carboxylic acids is 1. The van der Waals surface area contributed by atoms with E-state index < -0.39 is 11.8 Å². The minimum absolute atomic E-state index is 0.0680. The van der Waals surface area contributed by atoms with E-state index in [2.05, 4.69) is 0 Å². The van der Waals surface area contributed by atoms with Gasteiger partial charge < -0.3 is 19.5 Å². The summed E-state index contributed by atoms with van der Waals surface area (Å²) in [6.45, 7) is 1.27. The van der Waals surface area contributed by atoms with E-state index in [0.717, 1.165) is 0 Å². The molecule has 0 radical (unpaired) electrons. The number of benzene rings is 1. The molecule has 1 aliphatic rings. The Kier molecular flexibility index (Phi) is 6.69. The van der Waals surface area contributed by atoms with E-state index in [1.165, 1.54) is 25.3 Å². The normalized spacial score (nSPS) is 15.2. The van der Waals surface area contributed by atoms with Gasteiger partial charge in [0.1, 0.15) is 5.82 Å². The van der Waals surface area contributed by atoms with Crippen molar-refractivity contribution in [2.24, 2.45) is 0 Å². The van der Waals surface area contributed by atoms with Gasteiger partial charge in [-0.2, -0.15) is 0 Å². The molecule has 1 N–H and O–H groups in total. The Morgan fingerprint density at radius 2 is 2.08 bits per heavy atom. The van der Waals surface area contributed by atoms with Crippen LogP contribution in [0.2, 0.25) is 0 Å². The number of carbonyl (C=O) groups excluding carboxylic acids is 1. The summed E-state index contributed by atoms with van der Waals surface area (Å²) >= 11 is 0. The lowest BCUT2D eigenvalue weighted by molar-refractivity contribution is -0.137. The fourth-order valence-electron chi connectivity index (χ4n) is 2.80. The Balaban J connectivity index is 2.22. The van der Waals surface area contributed by atoms with E-state index in [4.69, 9.17) is 14.6 Å². The first-order valence-corrected chi connectivity index (χ1v) is 7.90. The van der Waals surface area contributed by atoms with E-state index in [-0.39, 0.29) is 31.5 Å². The summed E-state index contributed by atoms with van der Waals surface area (Å²) in [5, 5.41) is 8.93. The predicted octanol–water partition coefficient (Wildman–Crippen LogP) is 2.07. The van der Waals surface area contributed by atoms with Crippen LogP contribution in [0.4, 0.5) is 4.39 Å². The molecule has 1 saturated heterocycles. The predicted molar refractivity (Wildman–Crippen MR) is 84.2 cm³/mol. The zero-order valence-electron chi connectivity index (χ0n) is 13.7. The Labute approximate surface area is 140 Å². The minimum atomic E-state index is -0.959. The maximum absolute atomic E-state index is 13.7. The van der Waals surface area contributed by atoms with E-state index in [9.17, 15) is 14.0 Å². The fourth-order valence-corrected chi connectivity index (χ4v) is 2.80. The highest BCUT2D eigenvalue weighted by atomic mass is 19.1. The Morgan fingerprint density at radius 3 is 2.71 bits per heavy atom. The highest BCUT2D eigenvalue weighted by molar-refractivity contribution is 5.94. The number of hydrogen-bond acceptors (Lipinski definition) is 4. The van der Waals surface area contributed by atoms with Crippen molar-refractivity contribution in [3.05, 3.63) is 35.1 Å². The summed E-state index contributed by atoms with van der Waals surface area (Å²) in [4.78, 5) is 25.3. The maximum Gasteiger partial charge on any atom is 0.305 e. The lowest BCUT2D eigenvalue weighted by atomic mass is 10.0. The van der Waals surface area contributed by atoms with Gasteiger partial charge >= 0.3 is 5.97 Å². The number of nitrogens with zero attached hydrogens (tertiary/aromatic N) is 1. The lowest BCUT2D eigenvalue weighted by Gasteiger charge is -2.34. The molecule has 1 aromatic rings. The number of rotatable bonds is 7. The zero-order chi connectivity index (χ0) is 17.5. The number of halogens is 1. The number of ether oxygens (including phenoxy) is 2. The van der Waals surface area contributed by atoms with E-state index in [1.54, 1.807) is 4.90 Å². The third kappa shape index (κ3) is 4.75. The monoisotopic (exact) mass is 339 g/mol. The average Bonchev–Trinajstić information content (AvgIpc) is 2.58. The number of carbonyl (C=O) groups is 2. The molecule has 6 nitrogen and oxygen atoms in total. The second kappa shape index (κ2) is 8.75. The molecule has 1 heterocycles. The first-order chi connectivity index (χ1) is 11.5. The highest BCUT2D eigenvalue weighted by Gasteiger charge is 2.27. The van der Waals surface area contributed by atoms with Crippen molar-refractivity contribution < 1.29 is 28.6 Å². The molecule has 0 aliphatic carbocycles. The van der Waals surface area contributed by atoms with Gasteiger partial charge in [0, 0.05) is 44.0 Å². The number of methoxy groups -OCH3 is 1. The third-order valence-electron chi connectivity index (χ3n) is 4.05. The first-order valence-electron chi connectivity index (χ1n) is 7.90. The number of carboxylic acids is 1. The molecule has 2 rings (SSSR count). The topological polar surface area (TPSA) is 76.1 Å². The molecule has 0 saturated carbocycles. The first kappa shape index (κ1) is 18.4. The molecule has 0 atom stereocenters. The smallest absolute Gasteiger partial charge is 0.305 e. The molecule has 0 spiro atoms. The number of hydrogen-bond donors (Lipinski definition) is 1. The third-order valence-corrected chi connectivity index (χ3v) is 4.05. The van der Waals surface area contributed by atoms with Crippen molar-refractivity contribution in [1.82, 2.24) is 4.90 Å². The summed E-state index contributed by atoms with van der Waals surface area (Å²) in [5.41, 5.74) is 0.633. The summed E-state index contributed by atoms with van der Waals surface area (Å²) in [7, 11) is 1.45. The SMILES string of the molecule is COCc1cc(C(=O)N(CCC(=O)O)C2CCOCC2)ccc1F. The molecular weight excluding hydrogens is 317 g/mol. The van der Waals surface area contributed by atoms with Crippen LogP contribution in [0.25, 0.3) is 0 Å². The van der Waals surface area contributed by atoms with Crippen LogP contribution in [-0.4, -0.2) is 54.8 Å². The van der Waals surface area contributed by atoms with Gasteiger partial charge in [0.15, 0.2) is 0 Å². The van der Waals surface area contributed by atoms with Gasteiger partial charge in [0.25, 0.3) is 5.91 Å². The molecule has 1 aliphatic heterocycles. The minimum Gasteiger partial charge on any atom is -0.481 e. The molecule has 0 bridgehead atoms. The van der Waals surface area contributed by atoms with Crippen molar-refractivity contribution in [2.75, 3.05) is 26.9 Å². The molecule has 7 heteroatoms. The van der Waals surface area contributed by atoms with Crippen LogP contribution in [0.5, 0.6) is 0 Å². The Bertz CT molecular complexity index is 586. The zero-order valence-corrected chi connectivity index (χ0v) is 13.7. The van der Waals surface area contributed by atoms with Crippen LogP contribution in [0.3, 0.4) is 0 Å². The molecule has 1 fully saturated rings. The molecule has 0 unspecified atom stereocenters. The van der Waals surface area contributed by atoms with E-state index in [0.29, 0.717) is 37.2 Å². The molecule has 24 heavy (non-hydrogen) atoms. The largest absolute Gasteiger partial charge is 0.481 e. The molecule has 0 aromatic heterocycles. The molecular formula is C17H22FNO5. The maximum atomic E-state index is 13.7. The Hall–Kier alpha value is -1.99. The van der Waals surface area contributed by atoms with Crippen molar-refractivity contribution in [1.29, 1.82) is 0 Å². The van der Waals surface area contributed by atoms with Gasteiger partial charge in [-0.05, 0) is 31.0 Å². The second-order valence-corrected chi connectivity index (χ2v) is 5.73.